The number of hydrogen-bond donors (Lipinski definition) is 1. The minimum absolute atomic E-state index is 0.0370. The van der Waals surface area contributed by atoms with Gasteiger partial charge in [0.05, 0.1) is 12.6 Å². The van der Waals surface area contributed by atoms with E-state index < -0.39 is 12.0 Å². The maximum atomic E-state index is 14.2. The Bertz CT molecular complexity index is 343. The molecule has 1 unspecified atom stereocenters. The summed E-state index contributed by atoms with van der Waals surface area (Å²) in [6.45, 7) is 6.04. The van der Waals surface area contributed by atoms with Gasteiger partial charge in [-0.05, 0) is 25.8 Å². The van der Waals surface area contributed by atoms with Crippen molar-refractivity contribution in [1.82, 2.24) is 15.1 Å². The van der Waals surface area contributed by atoms with Crippen LogP contribution in [0.2, 0.25) is 0 Å². The van der Waals surface area contributed by atoms with Gasteiger partial charge in [-0.2, -0.15) is 0 Å². The minimum atomic E-state index is -2.63. The number of rotatable bonds is 3. The van der Waals surface area contributed by atoms with Gasteiger partial charge in [0.1, 0.15) is 0 Å². The van der Waals surface area contributed by atoms with Crippen LogP contribution in [-0.2, 0) is 4.79 Å². The molecule has 0 bridgehead atoms. The molecule has 116 valence electrons. The minimum Gasteiger partial charge on any atom is -0.354 e. The molecule has 2 heterocycles. The predicted molar refractivity (Wildman–Crippen MR) is 73.9 cm³/mol. The van der Waals surface area contributed by atoms with Gasteiger partial charge in [-0.1, -0.05) is 6.92 Å². The molecular formula is C14H25F2N3O. The van der Waals surface area contributed by atoms with E-state index in [0.29, 0.717) is 26.1 Å². The predicted octanol–water partition coefficient (Wildman–Crippen LogP) is 1.32. The summed E-state index contributed by atoms with van der Waals surface area (Å²) in [4.78, 5) is 14.8. The van der Waals surface area contributed by atoms with Gasteiger partial charge in [0.15, 0.2) is 0 Å². The lowest BCUT2D eigenvalue weighted by Crippen LogP contribution is -2.60. The van der Waals surface area contributed by atoms with Crippen molar-refractivity contribution in [3.63, 3.8) is 0 Å². The fourth-order valence-corrected chi connectivity index (χ4v) is 3.36. The Kier molecular flexibility index (Phi) is 4.96. The van der Waals surface area contributed by atoms with Crippen LogP contribution in [-0.4, -0.2) is 66.4 Å². The van der Waals surface area contributed by atoms with Gasteiger partial charge in [-0.25, -0.2) is 8.78 Å². The first-order valence-corrected chi connectivity index (χ1v) is 7.53. The second-order valence-corrected chi connectivity index (χ2v) is 5.95. The Balaban J connectivity index is 1.88. The van der Waals surface area contributed by atoms with Gasteiger partial charge >= 0.3 is 0 Å². The molecule has 0 saturated carbocycles. The largest absolute Gasteiger partial charge is 0.354 e. The van der Waals surface area contributed by atoms with E-state index in [1.165, 1.54) is 6.92 Å². The number of carbonyl (C=O) groups excluding carboxylic acids is 1. The fourth-order valence-electron chi connectivity index (χ4n) is 3.36. The number of amides is 1. The summed E-state index contributed by atoms with van der Waals surface area (Å²) < 4.78 is 28.5. The Morgan fingerprint density at radius 2 is 1.90 bits per heavy atom. The van der Waals surface area contributed by atoms with Crippen molar-refractivity contribution in [3.05, 3.63) is 0 Å². The normalized spacial score (nSPS) is 29.3. The number of hydrogen-bond acceptors (Lipinski definition) is 3. The maximum Gasteiger partial charge on any atom is 0.275 e. The van der Waals surface area contributed by atoms with Crippen molar-refractivity contribution in [2.24, 2.45) is 0 Å². The standard InChI is InChI=1S/C14H25F2N3O/c1-3-18-7-6-13(14(15,16)10-18)19-8-4-12(5-9-19)17-11(2)20/h12-13H,3-10H2,1-2H3,(H,17,20). The quantitative estimate of drug-likeness (QED) is 0.851. The summed E-state index contributed by atoms with van der Waals surface area (Å²) in [5.41, 5.74) is 0. The van der Waals surface area contributed by atoms with Crippen molar-refractivity contribution >= 4 is 5.91 Å². The lowest BCUT2D eigenvalue weighted by Gasteiger charge is -2.45. The van der Waals surface area contributed by atoms with Crippen molar-refractivity contribution in [1.29, 1.82) is 0 Å². The summed E-state index contributed by atoms with van der Waals surface area (Å²) in [5.74, 6) is -2.67. The third-order valence-electron chi connectivity index (χ3n) is 4.47. The first-order valence-electron chi connectivity index (χ1n) is 7.53. The van der Waals surface area contributed by atoms with Crippen LogP contribution in [0.1, 0.15) is 33.1 Å². The average Bonchev–Trinajstić information content (AvgIpc) is 2.38. The number of carbonyl (C=O) groups is 1. The highest BCUT2D eigenvalue weighted by atomic mass is 19.3. The summed E-state index contributed by atoms with van der Waals surface area (Å²) in [6.07, 6.45) is 2.07. The fraction of sp³-hybridized carbons (Fsp3) is 0.929. The molecule has 1 amide bonds. The van der Waals surface area contributed by atoms with Crippen LogP contribution >= 0.6 is 0 Å². The van der Waals surface area contributed by atoms with Gasteiger partial charge in [-0.15, -0.1) is 0 Å². The Morgan fingerprint density at radius 1 is 1.25 bits per heavy atom. The van der Waals surface area contributed by atoms with Crippen LogP contribution in [0, 0.1) is 0 Å². The third kappa shape index (κ3) is 3.67. The summed E-state index contributed by atoms with van der Waals surface area (Å²) in [6, 6.07) is -0.489. The van der Waals surface area contributed by atoms with E-state index in [1.54, 1.807) is 0 Å². The molecule has 6 heteroatoms. The number of nitrogens with zero attached hydrogens (tertiary/aromatic N) is 2. The van der Waals surface area contributed by atoms with Crippen molar-refractivity contribution in [3.8, 4) is 0 Å². The molecule has 2 saturated heterocycles. The maximum absolute atomic E-state index is 14.2. The number of alkyl halides is 2. The van der Waals surface area contributed by atoms with Gasteiger partial charge in [0.25, 0.3) is 5.92 Å². The molecule has 20 heavy (non-hydrogen) atoms. The zero-order valence-electron chi connectivity index (χ0n) is 12.4. The number of piperidine rings is 2. The van der Waals surface area contributed by atoms with E-state index >= 15 is 0 Å². The van der Waals surface area contributed by atoms with Crippen LogP contribution in [0.15, 0.2) is 0 Å². The number of halogens is 2. The third-order valence-corrected chi connectivity index (χ3v) is 4.47. The molecule has 2 rings (SSSR count). The molecule has 0 spiro atoms. The Morgan fingerprint density at radius 3 is 2.40 bits per heavy atom. The van der Waals surface area contributed by atoms with Gasteiger partial charge in [0, 0.05) is 32.6 Å². The summed E-state index contributed by atoms with van der Waals surface area (Å²) in [7, 11) is 0. The molecule has 1 atom stereocenters. The van der Waals surface area contributed by atoms with E-state index in [9.17, 15) is 13.6 Å². The van der Waals surface area contributed by atoms with E-state index in [1.807, 2.05) is 16.7 Å². The second kappa shape index (κ2) is 6.35. The molecule has 0 aliphatic carbocycles. The Labute approximate surface area is 119 Å². The first kappa shape index (κ1) is 15.6. The van der Waals surface area contributed by atoms with Crippen molar-refractivity contribution < 1.29 is 13.6 Å². The monoisotopic (exact) mass is 289 g/mol. The lowest BCUT2D eigenvalue weighted by atomic mass is 9.95. The van der Waals surface area contributed by atoms with Gasteiger partial charge < -0.3 is 5.32 Å². The highest BCUT2D eigenvalue weighted by molar-refractivity contribution is 5.73. The zero-order valence-corrected chi connectivity index (χ0v) is 12.4. The highest BCUT2D eigenvalue weighted by Gasteiger charge is 2.47. The van der Waals surface area contributed by atoms with E-state index in [0.717, 1.165) is 19.4 Å². The van der Waals surface area contributed by atoms with E-state index in [2.05, 4.69) is 5.32 Å². The second-order valence-electron chi connectivity index (χ2n) is 5.95. The van der Waals surface area contributed by atoms with E-state index in [4.69, 9.17) is 0 Å². The molecule has 0 aromatic carbocycles. The lowest BCUT2D eigenvalue weighted by molar-refractivity contribution is -0.132. The van der Waals surface area contributed by atoms with Crippen molar-refractivity contribution in [2.45, 2.75) is 51.1 Å². The zero-order chi connectivity index (χ0) is 14.8. The van der Waals surface area contributed by atoms with Gasteiger partial charge in [0.2, 0.25) is 5.91 Å². The Hall–Kier alpha value is -0.750. The SMILES string of the molecule is CCN1CCC(N2CCC(NC(C)=O)CC2)C(F)(F)C1. The average molecular weight is 289 g/mol. The first-order chi connectivity index (χ1) is 9.42. The summed E-state index contributed by atoms with van der Waals surface area (Å²) in [5, 5.41) is 2.88. The number of nitrogens with one attached hydrogen (secondary N) is 1. The highest BCUT2D eigenvalue weighted by Crippen LogP contribution is 2.32. The molecule has 0 radical (unpaired) electrons. The van der Waals surface area contributed by atoms with Crippen LogP contribution in [0.5, 0.6) is 0 Å². The van der Waals surface area contributed by atoms with Crippen LogP contribution in [0.25, 0.3) is 0 Å². The molecule has 2 aliphatic rings. The van der Waals surface area contributed by atoms with Crippen LogP contribution < -0.4 is 5.32 Å². The molecule has 2 aliphatic heterocycles. The van der Waals surface area contributed by atoms with Crippen molar-refractivity contribution in [2.75, 3.05) is 32.7 Å². The molecule has 0 aromatic rings. The molecule has 1 N–H and O–H groups in total. The summed E-state index contributed by atoms with van der Waals surface area (Å²) >= 11 is 0. The topological polar surface area (TPSA) is 35.6 Å². The molecular weight excluding hydrogens is 264 g/mol. The van der Waals surface area contributed by atoms with E-state index in [-0.39, 0.29) is 18.5 Å². The number of likely N-dealkylation sites (tertiary alicyclic amines) is 2. The van der Waals surface area contributed by atoms with Gasteiger partial charge in [-0.3, -0.25) is 14.6 Å². The smallest absolute Gasteiger partial charge is 0.275 e. The molecule has 4 nitrogen and oxygen atoms in total. The molecule has 0 aromatic heterocycles. The van der Waals surface area contributed by atoms with Crippen LogP contribution in [0.3, 0.4) is 0 Å². The molecule has 2 fully saturated rings. The van der Waals surface area contributed by atoms with Crippen LogP contribution in [0.4, 0.5) is 8.78 Å².